The molecule has 0 aliphatic carbocycles. The van der Waals surface area contributed by atoms with Gasteiger partial charge in [-0.15, -0.1) is 0 Å². The summed E-state index contributed by atoms with van der Waals surface area (Å²) in [6.45, 7) is 7.84. The van der Waals surface area contributed by atoms with Crippen LogP contribution in [0.2, 0.25) is 0 Å². The maximum atomic E-state index is 9.80. The molecule has 0 atom stereocenters. The molecular weight excluding hydrogens is 148 g/mol. The third-order valence-electron chi connectivity index (χ3n) is 1.09. The molecule has 0 amide bonds. The van der Waals surface area contributed by atoms with Gasteiger partial charge in [0.05, 0.1) is 0 Å². The Labute approximate surface area is 67.0 Å². The van der Waals surface area contributed by atoms with Crippen LogP contribution in [-0.4, -0.2) is 25.6 Å². The first-order valence-electron chi connectivity index (χ1n) is 3.56. The van der Waals surface area contributed by atoms with Gasteiger partial charge in [-0.25, -0.2) is 0 Å². The highest BCUT2D eigenvalue weighted by Gasteiger charge is 2.25. The van der Waals surface area contributed by atoms with E-state index < -0.39 is 5.79 Å². The summed E-state index contributed by atoms with van der Waals surface area (Å²) in [6, 6.07) is 0. The molecule has 0 fully saturated rings. The van der Waals surface area contributed by atoms with Crippen LogP contribution in [-0.2, 0) is 19.6 Å². The van der Waals surface area contributed by atoms with Gasteiger partial charge >= 0.3 is 0 Å². The summed E-state index contributed by atoms with van der Waals surface area (Å²) in [5.74, 6) is -1.13. The number of hydrogen-bond acceptors (Lipinski definition) is 3. The van der Waals surface area contributed by atoms with Crippen LogP contribution in [0.5, 0.6) is 0 Å². The van der Waals surface area contributed by atoms with Crippen molar-refractivity contribution >= 4 is 0 Å². The van der Waals surface area contributed by atoms with Crippen molar-refractivity contribution in [2.24, 2.45) is 0 Å². The summed E-state index contributed by atoms with van der Waals surface area (Å²) in [5.41, 5.74) is 0. The van der Waals surface area contributed by atoms with Gasteiger partial charge in [0, 0.05) is 20.1 Å². The van der Waals surface area contributed by atoms with E-state index in [1.54, 1.807) is 13.8 Å². The van der Waals surface area contributed by atoms with E-state index in [-0.39, 0.29) is 6.61 Å². The van der Waals surface area contributed by atoms with Crippen LogP contribution in [0, 0.1) is 6.92 Å². The highest BCUT2D eigenvalue weighted by molar-refractivity contribution is 4.70. The number of ether oxygens (including phenoxy) is 2. The molecule has 0 saturated carbocycles. The van der Waals surface area contributed by atoms with E-state index in [2.05, 4.69) is 11.8 Å². The van der Waals surface area contributed by atoms with Crippen molar-refractivity contribution < 1.29 is 19.6 Å². The van der Waals surface area contributed by atoms with Crippen LogP contribution in [0.15, 0.2) is 0 Å². The summed E-state index contributed by atoms with van der Waals surface area (Å²) < 4.78 is 10.1. The minimum Gasteiger partial charge on any atom is -0.348 e. The first kappa shape index (κ1) is 10.8. The highest BCUT2D eigenvalue weighted by Crippen LogP contribution is 2.11. The Bertz CT molecular complexity index is 77.4. The summed E-state index contributed by atoms with van der Waals surface area (Å²) >= 11 is 0. The highest BCUT2D eigenvalue weighted by atomic mass is 17.1. The second-order valence-corrected chi connectivity index (χ2v) is 2.04. The van der Waals surface area contributed by atoms with Crippen LogP contribution >= 0.6 is 0 Å². The van der Waals surface area contributed by atoms with E-state index in [4.69, 9.17) is 9.47 Å². The molecule has 0 bridgehead atoms. The van der Waals surface area contributed by atoms with Gasteiger partial charge in [-0.05, 0) is 19.1 Å². The Morgan fingerprint density at radius 3 is 2.00 bits per heavy atom. The van der Waals surface area contributed by atoms with Gasteiger partial charge in [-0.2, -0.15) is 4.89 Å². The second kappa shape index (κ2) is 5.49. The minimum atomic E-state index is -1.13. The van der Waals surface area contributed by atoms with Gasteiger partial charge < -0.3 is 9.47 Å². The molecule has 0 aromatic rings. The predicted molar refractivity (Wildman–Crippen MR) is 38.0 cm³/mol. The predicted octanol–water partition coefficient (Wildman–Crippen LogP) is 0.952. The average Bonchev–Trinajstić information content (AvgIpc) is 1.88. The lowest BCUT2D eigenvalue weighted by molar-refractivity contribution is -0.356. The van der Waals surface area contributed by atoms with Crippen LogP contribution < -0.4 is 0 Å². The van der Waals surface area contributed by atoms with Crippen LogP contribution in [0.1, 0.15) is 13.8 Å². The maximum absolute atomic E-state index is 9.80. The molecule has 0 rings (SSSR count). The lowest BCUT2D eigenvalue weighted by atomic mass is 10.3. The van der Waals surface area contributed by atoms with Gasteiger partial charge in [0.2, 0.25) is 0 Å². The standard InChI is InChI=1S/C7H14O4/c1-4-9-7(3,6-11-8)10-5-2/h3-6H2,1-2H3. The molecule has 0 saturated heterocycles. The van der Waals surface area contributed by atoms with Gasteiger partial charge in [-0.3, -0.25) is 0 Å². The van der Waals surface area contributed by atoms with E-state index in [1.807, 2.05) is 0 Å². The Kier molecular flexibility index (Phi) is 5.41. The molecule has 0 aromatic heterocycles. The van der Waals surface area contributed by atoms with Crippen molar-refractivity contribution in [3.8, 4) is 0 Å². The molecule has 66 valence electrons. The molecule has 4 heteroatoms. The van der Waals surface area contributed by atoms with Crippen molar-refractivity contribution in [2.75, 3.05) is 19.8 Å². The molecule has 0 spiro atoms. The van der Waals surface area contributed by atoms with Crippen molar-refractivity contribution in [3.05, 3.63) is 6.92 Å². The normalized spacial score (nSPS) is 12.0. The Balaban J connectivity index is 3.79. The zero-order valence-corrected chi connectivity index (χ0v) is 6.96. The number of hydrogen-bond donors (Lipinski definition) is 0. The molecule has 0 unspecified atom stereocenters. The fourth-order valence-electron chi connectivity index (χ4n) is 0.741. The van der Waals surface area contributed by atoms with Crippen LogP contribution in [0.3, 0.4) is 0 Å². The fraction of sp³-hybridized carbons (Fsp3) is 0.857. The molecular formula is C7H14O4. The van der Waals surface area contributed by atoms with E-state index in [1.165, 1.54) is 0 Å². The van der Waals surface area contributed by atoms with Gasteiger partial charge in [0.1, 0.15) is 6.61 Å². The van der Waals surface area contributed by atoms with Crippen molar-refractivity contribution in [3.63, 3.8) is 0 Å². The molecule has 2 radical (unpaired) electrons. The van der Waals surface area contributed by atoms with Gasteiger partial charge in [-0.1, -0.05) is 0 Å². The van der Waals surface area contributed by atoms with Gasteiger partial charge in [0.25, 0.3) is 0 Å². The van der Waals surface area contributed by atoms with E-state index >= 15 is 0 Å². The minimum absolute atomic E-state index is 0.200. The Hall–Kier alpha value is -0.160. The molecule has 4 nitrogen and oxygen atoms in total. The zero-order chi connectivity index (χ0) is 8.74. The lowest BCUT2D eigenvalue weighted by Crippen LogP contribution is -2.37. The molecule has 0 aliphatic rings. The second-order valence-electron chi connectivity index (χ2n) is 2.04. The van der Waals surface area contributed by atoms with Gasteiger partial charge in [0.15, 0.2) is 5.79 Å². The summed E-state index contributed by atoms with van der Waals surface area (Å²) in [7, 11) is 0. The lowest BCUT2D eigenvalue weighted by Gasteiger charge is -2.26. The first-order valence-corrected chi connectivity index (χ1v) is 3.56. The Morgan fingerprint density at radius 2 is 1.73 bits per heavy atom. The quantitative estimate of drug-likeness (QED) is 0.332. The molecule has 0 N–H and O–H groups in total. The summed E-state index contributed by atoms with van der Waals surface area (Å²) in [4.78, 5) is 3.65. The largest absolute Gasteiger partial charge is 0.348 e. The van der Waals surface area contributed by atoms with E-state index in [0.29, 0.717) is 13.2 Å². The van der Waals surface area contributed by atoms with Crippen molar-refractivity contribution in [1.82, 2.24) is 0 Å². The summed E-state index contributed by atoms with van der Waals surface area (Å²) in [6.07, 6.45) is 0. The molecule has 0 heterocycles. The molecule has 0 aromatic carbocycles. The van der Waals surface area contributed by atoms with Crippen LogP contribution in [0.4, 0.5) is 0 Å². The zero-order valence-electron chi connectivity index (χ0n) is 6.96. The molecule has 11 heavy (non-hydrogen) atoms. The van der Waals surface area contributed by atoms with Crippen molar-refractivity contribution in [1.29, 1.82) is 0 Å². The Morgan fingerprint density at radius 1 is 1.27 bits per heavy atom. The SMILES string of the molecule is [CH2]C(CO[O])(OCC)OCC. The van der Waals surface area contributed by atoms with Crippen LogP contribution in [0.25, 0.3) is 0 Å². The number of rotatable bonds is 6. The topological polar surface area (TPSA) is 47.6 Å². The molecule has 0 aliphatic heterocycles. The van der Waals surface area contributed by atoms with E-state index in [0.717, 1.165) is 0 Å². The summed E-state index contributed by atoms with van der Waals surface area (Å²) in [5, 5.41) is 9.80. The smallest absolute Gasteiger partial charge is 0.195 e. The average molecular weight is 162 g/mol. The maximum Gasteiger partial charge on any atom is 0.195 e. The third kappa shape index (κ3) is 4.31. The third-order valence-corrected chi connectivity index (χ3v) is 1.09. The first-order chi connectivity index (χ1) is 5.18. The van der Waals surface area contributed by atoms with Crippen molar-refractivity contribution in [2.45, 2.75) is 19.6 Å². The fourth-order valence-corrected chi connectivity index (χ4v) is 0.741. The van der Waals surface area contributed by atoms with E-state index in [9.17, 15) is 5.26 Å². The monoisotopic (exact) mass is 162 g/mol.